The molecule has 0 fully saturated rings. The fourth-order valence-electron chi connectivity index (χ4n) is 3.73. The molecular weight excluding hydrogens is 330 g/mol. The Morgan fingerprint density at radius 2 is 1.70 bits per heavy atom. The van der Waals surface area contributed by atoms with Crippen molar-refractivity contribution >= 4 is 32.7 Å². The summed E-state index contributed by atoms with van der Waals surface area (Å²) in [5.41, 5.74) is 3.90. The average molecular weight is 353 g/mol. The van der Waals surface area contributed by atoms with Crippen molar-refractivity contribution in [3.8, 4) is 11.3 Å². The van der Waals surface area contributed by atoms with Gasteiger partial charge >= 0.3 is 0 Å². The van der Waals surface area contributed by atoms with Gasteiger partial charge in [0.15, 0.2) is 0 Å². The molecule has 2 aromatic heterocycles. The normalized spacial score (nSPS) is 13.4. The van der Waals surface area contributed by atoms with Crippen molar-refractivity contribution < 1.29 is 7.16 Å². The zero-order valence-electron chi connectivity index (χ0n) is 17.4. The van der Waals surface area contributed by atoms with E-state index in [1.54, 1.807) is 12.3 Å². The fraction of sp³-hybridized carbons (Fsp3) is 0.160. The lowest BCUT2D eigenvalue weighted by molar-refractivity contribution is 0.647. The molecule has 0 bridgehead atoms. The lowest BCUT2D eigenvalue weighted by Gasteiger charge is -2.07. The zero-order valence-corrected chi connectivity index (χ0v) is 15.4. The maximum absolute atomic E-state index is 8.44. The van der Waals surface area contributed by atoms with E-state index in [-0.39, 0.29) is 5.92 Å². The topological polar surface area (TPSA) is 26.0 Å². The minimum absolute atomic E-state index is 0.133. The summed E-state index contributed by atoms with van der Waals surface area (Å²) in [4.78, 5) is 4.54. The number of aromatic nitrogens is 1. The highest BCUT2D eigenvalue weighted by atomic mass is 16.3. The Bertz CT molecular complexity index is 1370. The molecule has 0 N–H and O–H groups in total. The van der Waals surface area contributed by atoms with Crippen LogP contribution in [0.2, 0.25) is 0 Å². The van der Waals surface area contributed by atoms with Gasteiger partial charge < -0.3 is 4.42 Å². The van der Waals surface area contributed by atoms with E-state index in [1.165, 1.54) is 0 Å². The minimum atomic E-state index is -1.42. The molecule has 2 heteroatoms. The van der Waals surface area contributed by atoms with E-state index in [9.17, 15) is 0 Å². The Morgan fingerprint density at radius 3 is 2.59 bits per heavy atom. The monoisotopic (exact) mass is 353 g/mol. The van der Waals surface area contributed by atoms with E-state index in [0.29, 0.717) is 5.56 Å². The second kappa shape index (κ2) is 6.24. The average Bonchev–Trinajstić information content (AvgIpc) is 3.13. The van der Waals surface area contributed by atoms with Gasteiger partial charge in [-0.25, -0.2) is 0 Å². The van der Waals surface area contributed by atoms with E-state index >= 15 is 0 Å². The molecule has 0 aliphatic carbocycles. The van der Waals surface area contributed by atoms with Crippen LogP contribution in [0, 0.1) is 5.92 Å². The minimum Gasteiger partial charge on any atom is -0.455 e. The number of benzene rings is 3. The number of nitrogens with zero attached hydrogens (tertiary/aromatic N) is 1. The predicted octanol–water partition coefficient (Wildman–Crippen LogP) is 7.00. The van der Waals surface area contributed by atoms with Crippen LogP contribution in [-0.4, -0.2) is 4.98 Å². The second-order valence-corrected chi connectivity index (χ2v) is 7.18. The first-order chi connectivity index (χ1) is 14.0. The standard InChI is InChI=1S/C25H21NO/c1-16(2)14-17-12-13-26-23(15-17)22-9-5-8-20-21-11-10-18-6-3-4-7-19(18)24(21)27-25(20)22/h3-13,15-16H,14H2,1-2H3/i14D2. The highest BCUT2D eigenvalue weighted by molar-refractivity contribution is 6.17. The maximum Gasteiger partial charge on any atom is 0.144 e. The molecular formula is C25H21NO. The molecule has 0 aliphatic heterocycles. The molecule has 0 aliphatic rings. The quantitative estimate of drug-likeness (QED) is 0.349. The van der Waals surface area contributed by atoms with Crippen LogP contribution in [0.3, 0.4) is 0 Å². The molecule has 0 radical (unpaired) electrons. The molecule has 132 valence electrons. The summed E-state index contributed by atoms with van der Waals surface area (Å²) in [6, 6.07) is 22.1. The number of furan rings is 1. The second-order valence-electron chi connectivity index (χ2n) is 7.18. The Morgan fingerprint density at radius 1 is 0.889 bits per heavy atom. The van der Waals surface area contributed by atoms with Crippen molar-refractivity contribution in [2.75, 3.05) is 0 Å². The predicted molar refractivity (Wildman–Crippen MR) is 113 cm³/mol. The van der Waals surface area contributed by atoms with E-state index < -0.39 is 6.37 Å². The number of rotatable bonds is 3. The van der Waals surface area contributed by atoms with Gasteiger partial charge in [-0.15, -0.1) is 0 Å². The van der Waals surface area contributed by atoms with Crippen molar-refractivity contribution in [2.45, 2.75) is 20.2 Å². The highest BCUT2D eigenvalue weighted by Crippen LogP contribution is 2.38. The van der Waals surface area contributed by atoms with Crippen molar-refractivity contribution in [1.29, 1.82) is 0 Å². The number of hydrogen-bond donors (Lipinski definition) is 0. The van der Waals surface area contributed by atoms with Crippen LogP contribution < -0.4 is 0 Å². The lowest BCUT2D eigenvalue weighted by atomic mass is 10.0. The van der Waals surface area contributed by atoms with Crippen LogP contribution in [0.15, 0.2) is 77.3 Å². The largest absolute Gasteiger partial charge is 0.455 e. The van der Waals surface area contributed by atoms with Gasteiger partial charge in [0.1, 0.15) is 11.2 Å². The molecule has 5 rings (SSSR count). The van der Waals surface area contributed by atoms with Crippen LogP contribution in [0.5, 0.6) is 0 Å². The number of hydrogen-bond acceptors (Lipinski definition) is 2. The van der Waals surface area contributed by atoms with Gasteiger partial charge in [0.2, 0.25) is 0 Å². The Kier molecular flexibility index (Phi) is 3.23. The van der Waals surface area contributed by atoms with E-state index in [0.717, 1.165) is 44.0 Å². The summed E-state index contributed by atoms with van der Waals surface area (Å²) in [6.07, 6.45) is 0.261. The molecule has 27 heavy (non-hydrogen) atoms. The molecule has 0 atom stereocenters. The molecule has 2 nitrogen and oxygen atoms in total. The molecule has 3 aromatic carbocycles. The first-order valence-corrected chi connectivity index (χ1v) is 9.26. The van der Waals surface area contributed by atoms with Crippen LogP contribution in [0.1, 0.15) is 22.2 Å². The third-order valence-electron chi connectivity index (χ3n) is 4.88. The van der Waals surface area contributed by atoms with Gasteiger partial charge in [0, 0.05) is 30.7 Å². The molecule has 2 heterocycles. The van der Waals surface area contributed by atoms with Crippen LogP contribution in [0.4, 0.5) is 0 Å². The summed E-state index contributed by atoms with van der Waals surface area (Å²) >= 11 is 0. The van der Waals surface area contributed by atoms with Gasteiger partial charge in [-0.2, -0.15) is 0 Å². The molecule has 0 saturated carbocycles. The van der Waals surface area contributed by atoms with Gasteiger partial charge in [-0.1, -0.05) is 56.3 Å². The smallest absolute Gasteiger partial charge is 0.144 e. The fourth-order valence-corrected chi connectivity index (χ4v) is 3.73. The number of fused-ring (bicyclic) bond motifs is 5. The van der Waals surface area contributed by atoms with Crippen molar-refractivity contribution in [2.24, 2.45) is 5.92 Å². The SMILES string of the molecule is [2H]C([2H])(c1ccnc(-c2cccc3c2oc2c4ccccc4ccc32)c1)C(C)C. The molecule has 0 spiro atoms. The van der Waals surface area contributed by atoms with Crippen molar-refractivity contribution in [1.82, 2.24) is 4.98 Å². The van der Waals surface area contributed by atoms with Gasteiger partial charge in [-0.3, -0.25) is 4.98 Å². The molecule has 0 saturated heterocycles. The molecule has 0 unspecified atom stereocenters. The lowest BCUT2D eigenvalue weighted by Crippen LogP contribution is -1.95. The summed E-state index contributed by atoms with van der Waals surface area (Å²) in [5.74, 6) is -0.133. The Hall–Kier alpha value is -3.13. The summed E-state index contributed by atoms with van der Waals surface area (Å²) in [5, 5.41) is 4.35. The third kappa shape index (κ3) is 2.69. The maximum atomic E-state index is 8.44. The van der Waals surface area contributed by atoms with Crippen molar-refractivity contribution in [3.05, 3.63) is 78.5 Å². The van der Waals surface area contributed by atoms with Crippen LogP contribution in [-0.2, 0) is 6.37 Å². The van der Waals surface area contributed by atoms with Gasteiger partial charge in [-0.05, 0) is 47.5 Å². The highest BCUT2D eigenvalue weighted by Gasteiger charge is 2.15. The molecule has 0 amide bonds. The van der Waals surface area contributed by atoms with E-state index in [4.69, 9.17) is 7.16 Å². The zero-order chi connectivity index (χ0) is 20.2. The summed E-state index contributed by atoms with van der Waals surface area (Å²) in [7, 11) is 0. The van der Waals surface area contributed by atoms with E-state index in [2.05, 4.69) is 35.3 Å². The van der Waals surface area contributed by atoms with Crippen molar-refractivity contribution in [3.63, 3.8) is 0 Å². The van der Waals surface area contributed by atoms with Gasteiger partial charge in [0.25, 0.3) is 0 Å². The molecule has 5 aromatic rings. The van der Waals surface area contributed by atoms with Crippen LogP contribution in [0.25, 0.3) is 44.0 Å². The van der Waals surface area contributed by atoms with Gasteiger partial charge in [0.05, 0.1) is 5.69 Å². The third-order valence-corrected chi connectivity index (χ3v) is 4.88. The Balaban J connectivity index is 1.77. The number of para-hydroxylation sites is 1. The Labute approximate surface area is 161 Å². The summed E-state index contributed by atoms with van der Waals surface area (Å²) < 4.78 is 23.3. The first-order valence-electron chi connectivity index (χ1n) is 10.3. The van der Waals surface area contributed by atoms with Crippen LogP contribution >= 0.6 is 0 Å². The summed E-state index contributed by atoms with van der Waals surface area (Å²) in [6.45, 7) is 3.79. The number of pyridine rings is 1. The first kappa shape index (κ1) is 14.0. The van der Waals surface area contributed by atoms with E-state index in [1.807, 2.05) is 44.2 Å².